The molecule has 0 spiro atoms. The van der Waals surface area contributed by atoms with Gasteiger partial charge < -0.3 is 5.32 Å². The second-order valence-electron chi connectivity index (χ2n) is 3.99. The Morgan fingerprint density at radius 3 is 3.31 bits per heavy atom. The highest BCUT2D eigenvalue weighted by atomic mass is 32.2. The molecule has 1 atom stereocenters. The molecule has 84 valence electrons. The number of thioether (sulfide) groups is 1. The molecule has 1 aromatic rings. The third kappa shape index (κ3) is 2.97. The Bertz CT molecular complexity index is 380. The summed E-state index contributed by atoms with van der Waals surface area (Å²) >= 11 is 1.70. The molecule has 0 aromatic carbocycles. The van der Waals surface area contributed by atoms with Gasteiger partial charge >= 0.3 is 0 Å². The van der Waals surface area contributed by atoms with Crippen LogP contribution in [0, 0.1) is 17.2 Å². The number of piperidine rings is 1. The molecule has 0 aliphatic carbocycles. The minimum Gasteiger partial charge on any atom is -0.316 e. The number of nitriles is 1. The summed E-state index contributed by atoms with van der Waals surface area (Å²) in [7, 11) is 0. The van der Waals surface area contributed by atoms with Gasteiger partial charge in [-0.3, -0.25) is 0 Å². The van der Waals surface area contributed by atoms with Gasteiger partial charge in [0.1, 0.15) is 11.1 Å². The van der Waals surface area contributed by atoms with Gasteiger partial charge in [0, 0.05) is 11.9 Å². The number of nitrogens with zero attached hydrogens (tertiary/aromatic N) is 2. The second-order valence-corrected chi connectivity index (χ2v) is 5.00. The largest absolute Gasteiger partial charge is 0.316 e. The van der Waals surface area contributed by atoms with Crippen molar-refractivity contribution in [3.05, 3.63) is 23.9 Å². The fraction of sp³-hybridized carbons (Fsp3) is 0.500. The van der Waals surface area contributed by atoms with E-state index in [0.717, 1.165) is 23.9 Å². The SMILES string of the molecule is N#Cc1cccnc1SC[C@@H]1CCCNC1. The number of pyridine rings is 1. The van der Waals surface area contributed by atoms with Gasteiger partial charge in [0.15, 0.2) is 0 Å². The van der Waals surface area contributed by atoms with E-state index >= 15 is 0 Å². The van der Waals surface area contributed by atoms with Crippen LogP contribution in [0.4, 0.5) is 0 Å². The van der Waals surface area contributed by atoms with E-state index in [1.165, 1.54) is 12.8 Å². The number of rotatable bonds is 3. The lowest BCUT2D eigenvalue weighted by atomic mass is 10.0. The predicted molar refractivity (Wildman–Crippen MR) is 65.3 cm³/mol. The van der Waals surface area contributed by atoms with Crippen LogP contribution in [0.15, 0.2) is 23.4 Å². The van der Waals surface area contributed by atoms with Crippen LogP contribution in [0.3, 0.4) is 0 Å². The molecule has 16 heavy (non-hydrogen) atoms. The summed E-state index contributed by atoms with van der Waals surface area (Å²) < 4.78 is 0. The molecule has 2 heterocycles. The highest BCUT2D eigenvalue weighted by Gasteiger charge is 2.14. The van der Waals surface area contributed by atoms with Gasteiger partial charge in [0.05, 0.1) is 5.56 Å². The topological polar surface area (TPSA) is 48.7 Å². The minimum atomic E-state index is 0.691. The summed E-state index contributed by atoms with van der Waals surface area (Å²) in [5.74, 6) is 1.77. The molecule has 0 unspecified atom stereocenters. The monoisotopic (exact) mass is 233 g/mol. The first-order valence-corrected chi connectivity index (χ1v) is 6.57. The van der Waals surface area contributed by atoms with Crippen molar-refractivity contribution in [1.29, 1.82) is 5.26 Å². The summed E-state index contributed by atoms with van der Waals surface area (Å²) in [4.78, 5) is 4.25. The van der Waals surface area contributed by atoms with Crippen LogP contribution in [0.5, 0.6) is 0 Å². The summed E-state index contributed by atoms with van der Waals surface area (Å²) in [6.45, 7) is 2.25. The van der Waals surface area contributed by atoms with E-state index in [0.29, 0.717) is 11.5 Å². The molecule has 0 bridgehead atoms. The Hall–Kier alpha value is -1.05. The fourth-order valence-electron chi connectivity index (χ4n) is 1.85. The Morgan fingerprint density at radius 2 is 2.56 bits per heavy atom. The number of aromatic nitrogens is 1. The Morgan fingerprint density at radius 1 is 1.62 bits per heavy atom. The first kappa shape index (κ1) is 11.4. The lowest BCUT2D eigenvalue weighted by molar-refractivity contribution is 0.410. The van der Waals surface area contributed by atoms with Crippen LogP contribution in [0.25, 0.3) is 0 Å². The van der Waals surface area contributed by atoms with Crippen molar-refractivity contribution in [2.75, 3.05) is 18.8 Å². The zero-order valence-electron chi connectivity index (χ0n) is 9.15. The van der Waals surface area contributed by atoms with Gasteiger partial charge in [-0.25, -0.2) is 4.98 Å². The normalized spacial score (nSPS) is 20.3. The number of hydrogen-bond acceptors (Lipinski definition) is 4. The first-order valence-electron chi connectivity index (χ1n) is 5.59. The predicted octanol–water partition coefficient (Wildman–Crippen LogP) is 2.04. The van der Waals surface area contributed by atoms with Gasteiger partial charge in [-0.1, -0.05) is 0 Å². The maximum absolute atomic E-state index is 8.94. The van der Waals surface area contributed by atoms with Crippen LogP contribution in [-0.4, -0.2) is 23.8 Å². The van der Waals surface area contributed by atoms with Crippen molar-refractivity contribution < 1.29 is 0 Å². The second kappa shape index (κ2) is 5.88. The van der Waals surface area contributed by atoms with Gasteiger partial charge in [0.25, 0.3) is 0 Å². The summed E-state index contributed by atoms with van der Waals surface area (Å²) in [5, 5.41) is 13.2. The molecule has 1 fully saturated rings. The van der Waals surface area contributed by atoms with Crippen LogP contribution >= 0.6 is 11.8 Å². The summed E-state index contributed by atoms with van der Waals surface area (Å²) in [6.07, 6.45) is 4.30. The Labute approximate surface area is 100 Å². The summed E-state index contributed by atoms with van der Waals surface area (Å²) in [6, 6.07) is 5.82. The molecular weight excluding hydrogens is 218 g/mol. The molecule has 1 saturated heterocycles. The average Bonchev–Trinajstić information content (AvgIpc) is 2.38. The van der Waals surface area contributed by atoms with Gasteiger partial charge in [-0.2, -0.15) is 5.26 Å². The Balaban J connectivity index is 1.91. The molecule has 1 N–H and O–H groups in total. The molecule has 0 radical (unpaired) electrons. The molecule has 1 aliphatic rings. The van der Waals surface area contributed by atoms with Crippen molar-refractivity contribution in [1.82, 2.24) is 10.3 Å². The van der Waals surface area contributed by atoms with Crippen LogP contribution in [-0.2, 0) is 0 Å². The molecule has 0 amide bonds. The zero-order chi connectivity index (χ0) is 11.2. The minimum absolute atomic E-state index is 0.691. The molecule has 3 nitrogen and oxygen atoms in total. The lowest BCUT2D eigenvalue weighted by Crippen LogP contribution is -2.30. The highest BCUT2D eigenvalue weighted by Crippen LogP contribution is 2.24. The highest BCUT2D eigenvalue weighted by molar-refractivity contribution is 7.99. The standard InChI is InChI=1S/C12H15N3S/c13-7-11-4-2-6-15-12(11)16-9-10-3-1-5-14-8-10/h2,4,6,10,14H,1,3,5,8-9H2/t10-/m1/s1. The van der Waals surface area contributed by atoms with E-state index < -0.39 is 0 Å². The van der Waals surface area contributed by atoms with E-state index in [4.69, 9.17) is 5.26 Å². The van der Waals surface area contributed by atoms with E-state index in [2.05, 4.69) is 16.4 Å². The first-order chi connectivity index (χ1) is 7.90. The van der Waals surface area contributed by atoms with Crippen molar-refractivity contribution in [2.45, 2.75) is 17.9 Å². The van der Waals surface area contributed by atoms with Crippen molar-refractivity contribution >= 4 is 11.8 Å². The Kier molecular flexibility index (Phi) is 4.20. The van der Waals surface area contributed by atoms with Gasteiger partial charge in [-0.05, 0) is 44.0 Å². The average molecular weight is 233 g/mol. The quantitative estimate of drug-likeness (QED) is 0.812. The maximum Gasteiger partial charge on any atom is 0.114 e. The molecule has 0 saturated carbocycles. The van der Waals surface area contributed by atoms with Gasteiger partial charge in [0.2, 0.25) is 0 Å². The van der Waals surface area contributed by atoms with Crippen LogP contribution in [0.2, 0.25) is 0 Å². The van der Waals surface area contributed by atoms with E-state index in [1.54, 1.807) is 18.0 Å². The van der Waals surface area contributed by atoms with E-state index in [9.17, 15) is 0 Å². The summed E-state index contributed by atoms with van der Waals surface area (Å²) in [5.41, 5.74) is 0.691. The lowest BCUT2D eigenvalue weighted by Gasteiger charge is -2.22. The van der Waals surface area contributed by atoms with Crippen molar-refractivity contribution in [2.24, 2.45) is 5.92 Å². The molecular formula is C12H15N3S. The van der Waals surface area contributed by atoms with E-state index in [1.807, 2.05) is 12.1 Å². The fourth-order valence-corrected chi connectivity index (χ4v) is 2.94. The van der Waals surface area contributed by atoms with E-state index in [-0.39, 0.29) is 0 Å². The smallest absolute Gasteiger partial charge is 0.114 e. The number of nitrogens with one attached hydrogen (secondary N) is 1. The maximum atomic E-state index is 8.94. The third-order valence-corrected chi connectivity index (χ3v) is 3.98. The van der Waals surface area contributed by atoms with Crippen molar-refractivity contribution in [3.63, 3.8) is 0 Å². The molecule has 4 heteroatoms. The third-order valence-electron chi connectivity index (χ3n) is 2.75. The van der Waals surface area contributed by atoms with Crippen LogP contribution < -0.4 is 5.32 Å². The van der Waals surface area contributed by atoms with Crippen molar-refractivity contribution in [3.8, 4) is 6.07 Å². The molecule has 2 rings (SSSR count). The van der Waals surface area contributed by atoms with Crippen LogP contribution in [0.1, 0.15) is 18.4 Å². The zero-order valence-corrected chi connectivity index (χ0v) is 9.96. The molecule has 1 aliphatic heterocycles. The van der Waals surface area contributed by atoms with Gasteiger partial charge in [-0.15, -0.1) is 11.8 Å². The molecule has 1 aromatic heterocycles. The number of hydrogen-bond donors (Lipinski definition) is 1.